The van der Waals surface area contributed by atoms with E-state index in [1.807, 2.05) is 0 Å². The van der Waals surface area contributed by atoms with E-state index in [4.69, 9.17) is 5.11 Å². The van der Waals surface area contributed by atoms with Crippen LogP contribution >= 0.6 is 0 Å². The molecule has 2 rings (SSSR count). The van der Waals surface area contributed by atoms with Crippen molar-refractivity contribution in [3.63, 3.8) is 0 Å². The number of ketones is 2. The summed E-state index contributed by atoms with van der Waals surface area (Å²) >= 11 is 0. The number of phenolic OH excluding ortho intramolecular Hbond substituents is 1. The predicted molar refractivity (Wildman–Crippen MR) is 59.3 cm³/mol. The first-order valence-corrected chi connectivity index (χ1v) is 5.21. The first-order chi connectivity index (χ1) is 7.66. The molecule has 1 aliphatic rings. The normalized spacial score (nSPS) is 19.8. The Morgan fingerprint density at radius 2 is 1.94 bits per heavy atom. The minimum atomic E-state index is -0.206. The van der Waals surface area contributed by atoms with Gasteiger partial charge in [-0.15, -0.1) is 0 Å². The van der Waals surface area contributed by atoms with Gasteiger partial charge in [0, 0.05) is 17.9 Å². The van der Waals surface area contributed by atoms with E-state index in [0.717, 1.165) is 0 Å². The number of Topliss-reactive ketones (excluding diaryl/α,β-unsaturated/α-hetero) is 1. The Morgan fingerprint density at radius 3 is 2.50 bits per heavy atom. The van der Waals surface area contributed by atoms with Crippen LogP contribution in [0.1, 0.15) is 23.2 Å². The summed E-state index contributed by atoms with van der Waals surface area (Å²) in [5, 5.41) is 9.11. The van der Waals surface area contributed by atoms with Gasteiger partial charge in [0.05, 0.1) is 0 Å². The summed E-state index contributed by atoms with van der Waals surface area (Å²) in [6, 6.07) is 6.18. The zero-order valence-electron chi connectivity index (χ0n) is 8.72. The molecule has 1 aromatic carbocycles. The molecule has 0 aromatic heterocycles. The Balaban J connectivity index is 2.16. The van der Waals surface area contributed by atoms with E-state index in [1.165, 1.54) is 18.2 Å². The second-order valence-corrected chi connectivity index (χ2v) is 3.88. The smallest absolute Gasteiger partial charge is 0.169 e. The highest BCUT2D eigenvalue weighted by Gasteiger charge is 2.21. The van der Waals surface area contributed by atoms with E-state index in [-0.39, 0.29) is 23.2 Å². The van der Waals surface area contributed by atoms with Crippen molar-refractivity contribution >= 4 is 11.6 Å². The van der Waals surface area contributed by atoms with Crippen molar-refractivity contribution in [2.75, 3.05) is 0 Å². The molecular weight excluding hydrogens is 204 g/mol. The summed E-state index contributed by atoms with van der Waals surface area (Å²) < 4.78 is 0. The molecule has 1 atom stereocenters. The van der Waals surface area contributed by atoms with E-state index >= 15 is 0 Å². The largest absolute Gasteiger partial charge is 0.508 e. The number of hydrogen-bond donors (Lipinski definition) is 1. The molecule has 3 nitrogen and oxygen atoms in total. The molecule has 0 spiro atoms. The maximum Gasteiger partial charge on any atom is 0.169 e. The van der Waals surface area contributed by atoms with E-state index in [9.17, 15) is 9.59 Å². The molecule has 1 N–H and O–H groups in total. The van der Waals surface area contributed by atoms with Crippen molar-refractivity contribution in [2.45, 2.75) is 12.8 Å². The Morgan fingerprint density at radius 1 is 1.25 bits per heavy atom. The summed E-state index contributed by atoms with van der Waals surface area (Å²) in [5.41, 5.74) is 0.571. The quantitative estimate of drug-likeness (QED) is 0.770. The molecule has 16 heavy (non-hydrogen) atoms. The van der Waals surface area contributed by atoms with Gasteiger partial charge in [0.2, 0.25) is 0 Å². The summed E-state index contributed by atoms with van der Waals surface area (Å²) in [4.78, 5) is 23.0. The highest BCUT2D eigenvalue weighted by Crippen LogP contribution is 2.21. The Bertz CT molecular complexity index is 443. The third-order valence-corrected chi connectivity index (χ3v) is 2.70. The fourth-order valence-corrected chi connectivity index (χ4v) is 1.76. The van der Waals surface area contributed by atoms with Gasteiger partial charge in [0.15, 0.2) is 11.6 Å². The lowest BCUT2D eigenvalue weighted by atomic mass is 9.88. The maximum atomic E-state index is 12.0. The molecule has 1 aliphatic carbocycles. The van der Waals surface area contributed by atoms with Crippen molar-refractivity contribution in [3.8, 4) is 5.75 Å². The number of carbonyl (C=O) groups is 2. The summed E-state index contributed by atoms with van der Waals surface area (Å²) in [6.45, 7) is 0. The van der Waals surface area contributed by atoms with Crippen molar-refractivity contribution in [1.82, 2.24) is 0 Å². The van der Waals surface area contributed by atoms with Gasteiger partial charge in [-0.1, -0.05) is 6.08 Å². The molecular formula is C13H12O3. The average molecular weight is 216 g/mol. The number of benzene rings is 1. The van der Waals surface area contributed by atoms with Gasteiger partial charge >= 0.3 is 0 Å². The van der Waals surface area contributed by atoms with Crippen molar-refractivity contribution in [1.29, 1.82) is 0 Å². The fourth-order valence-electron chi connectivity index (χ4n) is 1.76. The van der Waals surface area contributed by atoms with Crippen LogP contribution in [0.25, 0.3) is 0 Å². The Kier molecular flexibility index (Phi) is 2.86. The number of rotatable bonds is 2. The van der Waals surface area contributed by atoms with Crippen LogP contribution < -0.4 is 0 Å². The minimum Gasteiger partial charge on any atom is -0.508 e. The Labute approximate surface area is 93.4 Å². The number of aromatic hydroxyl groups is 1. The van der Waals surface area contributed by atoms with Gasteiger partial charge in [-0.25, -0.2) is 0 Å². The van der Waals surface area contributed by atoms with Gasteiger partial charge in [-0.2, -0.15) is 0 Å². The molecule has 0 bridgehead atoms. The lowest BCUT2D eigenvalue weighted by Crippen LogP contribution is -2.17. The second kappa shape index (κ2) is 4.31. The van der Waals surface area contributed by atoms with Crippen molar-refractivity contribution in [3.05, 3.63) is 42.0 Å². The molecule has 0 saturated carbocycles. The Hall–Kier alpha value is -1.90. The van der Waals surface area contributed by atoms with Crippen LogP contribution in [0.2, 0.25) is 0 Å². The van der Waals surface area contributed by atoms with E-state index < -0.39 is 0 Å². The molecule has 1 aromatic rings. The summed E-state index contributed by atoms with van der Waals surface area (Å²) in [7, 11) is 0. The van der Waals surface area contributed by atoms with E-state index in [0.29, 0.717) is 18.4 Å². The van der Waals surface area contributed by atoms with E-state index in [1.54, 1.807) is 18.2 Å². The number of allylic oxidation sites excluding steroid dienone is 2. The molecule has 0 heterocycles. The maximum absolute atomic E-state index is 12.0. The topological polar surface area (TPSA) is 54.4 Å². The minimum absolute atomic E-state index is 0.00347. The molecule has 0 radical (unpaired) electrons. The third-order valence-electron chi connectivity index (χ3n) is 2.70. The molecule has 0 amide bonds. The van der Waals surface area contributed by atoms with Crippen LogP contribution in [0.3, 0.4) is 0 Å². The highest BCUT2D eigenvalue weighted by molar-refractivity contribution is 6.01. The van der Waals surface area contributed by atoms with Gasteiger partial charge in [0.1, 0.15) is 5.75 Å². The summed E-state index contributed by atoms with van der Waals surface area (Å²) in [5.74, 6) is 0.0201. The van der Waals surface area contributed by atoms with Crippen molar-refractivity contribution < 1.29 is 14.7 Å². The first kappa shape index (κ1) is 10.6. The van der Waals surface area contributed by atoms with Crippen LogP contribution in [-0.2, 0) is 4.79 Å². The van der Waals surface area contributed by atoms with Crippen LogP contribution in [0.5, 0.6) is 5.75 Å². The average Bonchev–Trinajstić information content (AvgIpc) is 2.30. The number of hydrogen-bond acceptors (Lipinski definition) is 3. The van der Waals surface area contributed by atoms with Gasteiger partial charge in [0.25, 0.3) is 0 Å². The van der Waals surface area contributed by atoms with Gasteiger partial charge in [-0.05, 0) is 36.8 Å². The fraction of sp³-hybridized carbons (Fsp3) is 0.231. The van der Waals surface area contributed by atoms with Crippen LogP contribution in [-0.4, -0.2) is 16.7 Å². The number of carbonyl (C=O) groups excluding carboxylic acids is 2. The van der Waals surface area contributed by atoms with Crippen molar-refractivity contribution in [2.24, 2.45) is 5.92 Å². The molecule has 0 aliphatic heterocycles. The first-order valence-electron chi connectivity index (χ1n) is 5.21. The third kappa shape index (κ3) is 2.19. The standard InChI is InChI=1S/C13H12O3/c14-11-5-1-9(2-6-11)13(16)10-3-7-12(15)8-4-10/h1-3,5-7,10,14H,4,8H2. The monoisotopic (exact) mass is 216 g/mol. The molecule has 0 saturated heterocycles. The van der Waals surface area contributed by atoms with Gasteiger partial charge < -0.3 is 5.11 Å². The second-order valence-electron chi connectivity index (χ2n) is 3.88. The highest BCUT2D eigenvalue weighted by atomic mass is 16.3. The number of phenols is 1. The zero-order valence-corrected chi connectivity index (χ0v) is 8.72. The molecule has 0 fully saturated rings. The zero-order chi connectivity index (χ0) is 11.5. The molecule has 3 heteroatoms. The van der Waals surface area contributed by atoms with Crippen LogP contribution in [0.4, 0.5) is 0 Å². The predicted octanol–water partition coefficient (Wildman–Crippen LogP) is 2.11. The van der Waals surface area contributed by atoms with Gasteiger partial charge in [-0.3, -0.25) is 9.59 Å². The lowest BCUT2D eigenvalue weighted by Gasteiger charge is -2.14. The lowest BCUT2D eigenvalue weighted by molar-refractivity contribution is -0.115. The molecule has 1 unspecified atom stereocenters. The van der Waals surface area contributed by atoms with Crippen LogP contribution in [0.15, 0.2) is 36.4 Å². The molecule has 82 valence electrons. The van der Waals surface area contributed by atoms with E-state index in [2.05, 4.69) is 0 Å². The van der Waals surface area contributed by atoms with Crippen LogP contribution in [0, 0.1) is 5.92 Å². The SMILES string of the molecule is O=C1C=CC(C(=O)c2ccc(O)cc2)CC1. The summed E-state index contributed by atoms with van der Waals surface area (Å²) in [6.07, 6.45) is 4.16.